The lowest BCUT2D eigenvalue weighted by Crippen LogP contribution is -2.33. The molecule has 0 amide bonds. The van der Waals surface area contributed by atoms with Crippen molar-refractivity contribution in [3.05, 3.63) is 46.5 Å². The van der Waals surface area contributed by atoms with Gasteiger partial charge in [0.15, 0.2) is 0 Å². The number of hydrogen-bond acceptors (Lipinski definition) is 4. The summed E-state index contributed by atoms with van der Waals surface area (Å²) in [7, 11) is 0. The van der Waals surface area contributed by atoms with Crippen molar-refractivity contribution in [3.63, 3.8) is 0 Å². The van der Waals surface area contributed by atoms with Crippen molar-refractivity contribution in [2.75, 3.05) is 13.1 Å². The molecule has 0 bridgehead atoms. The number of nitrogens with zero attached hydrogens (tertiary/aromatic N) is 4. The molecule has 0 aliphatic carbocycles. The summed E-state index contributed by atoms with van der Waals surface area (Å²) in [5.41, 5.74) is 1.44. The standard InChI is InChI=1S/C15H16N4O/c16-10-12-4-7-18(8-5-12)11-13-9-15(20)19-6-2-1-3-14(19)17-13/h1-3,6,9,12H,4-5,7-8,11H2. The maximum Gasteiger partial charge on any atom is 0.258 e. The Bertz CT molecular complexity index is 708. The fourth-order valence-corrected chi connectivity index (χ4v) is 2.63. The first kappa shape index (κ1) is 12.8. The van der Waals surface area contributed by atoms with Crippen LogP contribution < -0.4 is 5.56 Å². The summed E-state index contributed by atoms with van der Waals surface area (Å²) < 4.78 is 1.55. The van der Waals surface area contributed by atoms with Crippen molar-refractivity contribution in [2.45, 2.75) is 19.4 Å². The van der Waals surface area contributed by atoms with Gasteiger partial charge in [-0.2, -0.15) is 5.26 Å². The Morgan fingerprint density at radius 1 is 1.35 bits per heavy atom. The minimum atomic E-state index is -0.0440. The Labute approximate surface area is 117 Å². The molecule has 0 aromatic carbocycles. The topological polar surface area (TPSA) is 61.4 Å². The summed E-state index contributed by atoms with van der Waals surface area (Å²) in [6.07, 6.45) is 3.54. The molecule has 20 heavy (non-hydrogen) atoms. The zero-order chi connectivity index (χ0) is 13.9. The van der Waals surface area contributed by atoms with E-state index in [0.717, 1.165) is 31.6 Å². The summed E-state index contributed by atoms with van der Waals surface area (Å²) in [6.45, 7) is 2.47. The zero-order valence-electron chi connectivity index (χ0n) is 11.2. The molecule has 0 atom stereocenters. The van der Waals surface area contributed by atoms with E-state index in [1.54, 1.807) is 16.7 Å². The van der Waals surface area contributed by atoms with Gasteiger partial charge in [0.1, 0.15) is 5.65 Å². The number of rotatable bonds is 2. The number of likely N-dealkylation sites (tertiary alicyclic amines) is 1. The SMILES string of the molecule is N#CC1CCN(Cc2cc(=O)n3ccccc3n2)CC1. The minimum Gasteiger partial charge on any atom is -0.297 e. The minimum absolute atomic E-state index is 0.0440. The van der Waals surface area contributed by atoms with Crippen molar-refractivity contribution in [3.8, 4) is 6.07 Å². The lowest BCUT2D eigenvalue weighted by Gasteiger charge is -2.28. The van der Waals surface area contributed by atoms with E-state index in [9.17, 15) is 4.79 Å². The predicted molar refractivity (Wildman–Crippen MR) is 75.1 cm³/mol. The van der Waals surface area contributed by atoms with Crippen molar-refractivity contribution in [1.29, 1.82) is 5.26 Å². The van der Waals surface area contributed by atoms with Gasteiger partial charge in [0, 0.05) is 24.7 Å². The number of pyridine rings is 1. The van der Waals surface area contributed by atoms with Crippen LogP contribution in [0.15, 0.2) is 35.3 Å². The van der Waals surface area contributed by atoms with E-state index in [1.807, 2.05) is 18.2 Å². The predicted octanol–water partition coefficient (Wildman–Crippen LogP) is 1.43. The highest BCUT2D eigenvalue weighted by Gasteiger charge is 2.19. The van der Waals surface area contributed by atoms with E-state index in [0.29, 0.717) is 12.2 Å². The second kappa shape index (κ2) is 5.43. The van der Waals surface area contributed by atoms with Gasteiger partial charge in [0.2, 0.25) is 0 Å². The summed E-state index contributed by atoms with van der Waals surface area (Å²) in [5.74, 6) is 0.182. The van der Waals surface area contributed by atoms with Gasteiger partial charge >= 0.3 is 0 Å². The Balaban J connectivity index is 1.79. The molecule has 102 valence electrons. The summed E-state index contributed by atoms with van der Waals surface area (Å²) in [6, 6.07) is 9.47. The maximum atomic E-state index is 12.0. The highest BCUT2D eigenvalue weighted by atomic mass is 16.1. The molecule has 1 fully saturated rings. The summed E-state index contributed by atoms with van der Waals surface area (Å²) in [5, 5.41) is 8.90. The molecule has 1 aliphatic rings. The second-order valence-corrected chi connectivity index (χ2v) is 5.19. The van der Waals surface area contributed by atoms with Crippen molar-refractivity contribution < 1.29 is 0 Å². The van der Waals surface area contributed by atoms with Crippen molar-refractivity contribution in [2.24, 2.45) is 5.92 Å². The van der Waals surface area contributed by atoms with Crippen LogP contribution in [-0.2, 0) is 6.54 Å². The number of aromatic nitrogens is 2. The highest BCUT2D eigenvalue weighted by Crippen LogP contribution is 2.17. The van der Waals surface area contributed by atoms with Gasteiger partial charge in [0.25, 0.3) is 5.56 Å². The molecule has 2 aromatic heterocycles. The molecule has 0 unspecified atom stereocenters. The van der Waals surface area contributed by atoms with Gasteiger partial charge in [-0.3, -0.25) is 14.1 Å². The molecule has 3 heterocycles. The van der Waals surface area contributed by atoms with Crippen LogP contribution in [0, 0.1) is 17.2 Å². The van der Waals surface area contributed by atoms with Crippen molar-refractivity contribution >= 4 is 5.65 Å². The van der Waals surface area contributed by atoms with Crippen LogP contribution in [0.1, 0.15) is 18.5 Å². The fraction of sp³-hybridized carbons (Fsp3) is 0.400. The normalized spacial score (nSPS) is 17.1. The number of hydrogen-bond donors (Lipinski definition) is 0. The van der Waals surface area contributed by atoms with E-state index < -0.39 is 0 Å². The molecule has 5 nitrogen and oxygen atoms in total. The van der Waals surface area contributed by atoms with Crippen LogP contribution in [0.25, 0.3) is 5.65 Å². The first-order valence-electron chi connectivity index (χ1n) is 6.85. The molecule has 0 N–H and O–H groups in total. The second-order valence-electron chi connectivity index (χ2n) is 5.19. The Hall–Kier alpha value is -2.19. The first-order chi connectivity index (χ1) is 9.76. The third-order valence-electron chi connectivity index (χ3n) is 3.78. The van der Waals surface area contributed by atoms with E-state index >= 15 is 0 Å². The lowest BCUT2D eigenvalue weighted by atomic mass is 9.98. The van der Waals surface area contributed by atoms with Crippen LogP contribution in [-0.4, -0.2) is 27.4 Å². The molecule has 1 aliphatic heterocycles. The highest BCUT2D eigenvalue weighted by molar-refractivity contribution is 5.37. The molecule has 0 saturated carbocycles. The molecular formula is C15H16N4O. The summed E-state index contributed by atoms with van der Waals surface area (Å²) >= 11 is 0. The van der Waals surface area contributed by atoms with Gasteiger partial charge in [-0.15, -0.1) is 0 Å². The summed E-state index contributed by atoms with van der Waals surface area (Å²) in [4.78, 5) is 18.8. The maximum absolute atomic E-state index is 12.0. The molecule has 0 radical (unpaired) electrons. The van der Waals surface area contributed by atoms with Crippen molar-refractivity contribution in [1.82, 2.24) is 14.3 Å². The Morgan fingerprint density at radius 2 is 2.15 bits per heavy atom. The smallest absolute Gasteiger partial charge is 0.258 e. The van der Waals surface area contributed by atoms with Gasteiger partial charge in [-0.1, -0.05) is 6.07 Å². The average molecular weight is 268 g/mol. The van der Waals surface area contributed by atoms with E-state index in [1.165, 1.54) is 0 Å². The first-order valence-corrected chi connectivity index (χ1v) is 6.85. The van der Waals surface area contributed by atoms with E-state index in [-0.39, 0.29) is 11.5 Å². The van der Waals surface area contributed by atoms with Crippen LogP contribution in [0.5, 0.6) is 0 Å². The monoisotopic (exact) mass is 268 g/mol. The molecular weight excluding hydrogens is 252 g/mol. The van der Waals surface area contributed by atoms with Crippen LogP contribution in [0.3, 0.4) is 0 Å². The zero-order valence-corrected chi connectivity index (χ0v) is 11.2. The molecule has 5 heteroatoms. The average Bonchev–Trinajstić information content (AvgIpc) is 2.48. The van der Waals surface area contributed by atoms with Gasteiger partial charge in [-0.25, -0.2) is 4.98 Å². The van der Waals surface area contributed by atoms with E-state index in [2.05, 4.69) is 16.0 Å². The van der Waals surface area contributed by atoms with Crippen LogP contribution in [0.2, 0.25) is 0 Å². The third-order valence-corrected chi connectivity index (χ3v) is 3.78. The lowest BCUT2D eigenvalue weighted by molar-refractivity contribution is 0.196. The quantitative estimate of drug-likeness (QED) is 0.826. The number of piperidine rings is 1. The number of fused-ring (bicyclic) bond motifs is 1. The molecule has 0 spiro atoms. The molecule has 2 aromatic rings. The van der Waals surface area contributed by atoms with Crippen LogP contribution >= 0.6 is 0 Å². The van der Waals surface area contributed by atoms with E-state index in [4.69, 9.17) is 5.26 Å². The number of nitriles is 1. The Kier molecular flexibility index (Phi) is 3.48. The Morgan fingerprint density at radius 3 is 2.90 bits per heavy atom. The van der Waals surface area contributed by atoms with Gasteiger partial charge < -0.3 is 0 Å². The molecule has 1 saturated heterocycles. The largest absolute Gasteiger partial charge is 0.297 e. The fourth-order valence-electron chi connectivity index (χ4n) is 2.63. The molecule has 3 rings (SSSR count). The third kappa shape index (κ3) is 2.56. The van der Waals surface area contributed by atoms with Crippen LogP contribution in [0.4, 0.5) is 0 Å². The van der Waals surface area contributed by atoms with Gasteiger partial charge in [-0.05, 0) is 38.1 Å². The van der Waals surface area contributed by atoms with Gasteiger partial charge in [0.05, 0.1) is 11.8 Å².